The average molecular weight is 378 g/mol. The van der Waals surface area contributed by atoms with Crippen LogP contribution in [-0.2, 0) is 4.79 Å². The van der Waals surface area contributed by atoms with Gasteiger partial charge in [-0.2, -0.15) is 0 Å². The Bertz CT molecular complexity index is 998. The largest absolute Gasteiger partial charge is 0.496 e. The van der Waals surface area contributed by atoms with Gasteiger partial charge in [-0.25, -0.2) is 10.5 Å². The van der Waals surface area contributed by atoms with Crippen LogP contribution in [0.4, 0.5) is 0 Å². The summed E-state index contributed by atoms with van der Waals surface area (Å²) in [4.78, 5) is 15.5. The zero-order chi connectivity index (χ0) is 20.7. The molecule has 0 unspecified atom stereocenters. The van der Waals surface area contributed by atoms with Crippen LogP contribution >= 0.6 is 0 Å². The number of carbonyl (C=O) groups is 1. The molecule has 0 radical (unpaired) electrons. The van der Waals surface area contributed by atoms with Gasteiger partial charge in [-0.3, -0.25) is 10.0 Å². The highest BCUT2D eigenvalue weighted by atomic mass is 16.5. The molecule has 6 heteroatoms. The molecule has 0 aliphatic carbocycles. The molecule has 0 atom stereocenters. The third-order valence-corrected chi connectivity index (χ3v) is 4.19. The minimum atomic E-state index is -0.667. The summed E-state index contributed by atoms with van der Waals surface area (Å²) in [5.74, 6) is 6.14. The smallest absolute Gasteiger partial charge is 0.267 e. The summed E-state index contributed by atoms with van der Waals surface area (Å²) in [6.07, 6.45) is 2.41. The predicted octanol–water partition coefficient (Wildman–Crippen LogP) is 3.19. The lowest BCUT2D eigenvalue weighted by Gasteiger charge is -2.13. The Hall–Kier alpha value is -3.56. The van der Waals surface area contributed by atoms with Gasteiger partial charge in [0.05, 0.1) is 19.9 Å². The first-order valence-electron chi connectivity index (χ1n) is 8.43. The van der Waals surface area contributed by atoms with Crippen LogP contribution in [0.3, 0.4) is 0 Å². The molecule has 0 saturated carbocycles. The van der Waals surface area contributed by atoms with E-state index in [0.717, 1.165) is 34.1 Å². The number of pyridine rings is 1. The summed E-state index contributed by atoms with van der Waals surface area (Å²) in [5.41, 5.74) is 6.34. The summed E-state index contributed by atoms with van der Waals surface area (Å²) in [6.45, 7) is 8.19. The van der Waals surface area contributed by atoms with Crippen LogP contribution in [0.25, 0.3) is 5.57 Å². The monoisotopic (exact) mass is 378 g/mol. The zero-order valence-corrected chi connectivity index (χ0v) is 16.3. The van der Waals surface area contributed by atoms with E-state index in [-0.39, 0.29) is 0 Å². The number of aromatic nitrogens is 1. The number of benzene rings is 1. The summed E-state index contributed by atoms with van der Waals surface area (Å²) in [6, 6.07) is 7.54. The van der Waals surface area contributed by atoms with Crippen molar-refractivity contribution in [1.82, 2.24) is 10.5 Å². The highest BCUT2D eigenvalue weighted by Gasteiger charge is 2.12. The molecule has 6 nitrogen and oxygen atoms in total. The SMILES string of the molecule is C=C(c1cc(C)c(C)c(OC)c1)c1ccc(OC)c(C#C/C=C/C(=O)NO)n1. The van der Waals surface area contributed by atoms with Gasteiger partial charge < -0.3 is 9.47 Å². The highest BCUT2D eigenvalue weighted by molar-refractivity contribution is 5.86. The summed E-state index contributed by atoms with van der Waals surface area (Å²) < 4.78 is 10.7. The number of methoxy groups -OCH3 is 2. The number of hydroxylamine groups is 1. The number of ether oxygens (including phenoxy) is 2. The maximum Gasteiger partial charge on any atom is 0.267 e. The summed E-state index contributed by atoms with van der Waals surface area (Å²) in [7, 11) is 3.16. The molecule has 0 fully saturated rings. The van der Waals surface area contributed by atoms with Gasteiger partial charge in [0, 0.05) is 11.6 Å². The second-order valence-electron chi connectivity index (χ2n) is 5.93. The first-order chi connectivity index (χ1) is 13.4. The van der Waals surface area contributed by atoms with E-state index in [1.54, 1.807) is 13.2 Å². The third-order valence-electron chi connectivity index (χ3n) is 4.19. The van der Waals surface area contributed by atoms with Crippen LogP contribution in [-0.4, -0.2) is 30.3 Å². The first kappa shape index (κ1) is 20.7. The molecule has 1 aromatic heterocycles. The van der Waals surface area contributed by atoms with Gasteiger partial charge in [0.1, 0.15) is 5.75 Å². The van der Waals surface area contributed by atoms with Crippen molar-refractivity contribution in [3.05, 3.63) is 71.1 Å². The molecule has 144 valence electrons. The van der Waals surface area contributed by atoms with Gasteiger partial charge in [0.25, 0.3) is 5.91 Å². The Morgan fingerprint density at radius 2 is 1.93 bits per heavy atom. The van der Waals surface area contributed by atoms with Crippen molar-refractivity contribution in [1.29, 1.82) is 0 Å². The van der Waals surface area contributed by atoms with Crippen LogP contribution in [0.1, 0.15) is 28.1 Å². The normalized spacial score (nSPS) is 10.2. The standard InChI is InChI=1S/C22H22N2O4/c1-14-12-17(13-21(28-5)15(14)2)16(3)18-10-11-20(27-4)19(23-18)8-6-7-9-22(25)24-26/h7,9-13,26H,3H2,1-2,4-5H3,(H,24,25)/b9-7+. The van der Waals surface area contributed by atoms with Gasteiger partial charge in [0.15, 0.2) is 11.4 Å². The maximum absolute atomic E-state index is 11.0. The fourth-order valence-corrected chi connectivity index (χ4v) is 2.49. The number of carbonyl (C=O) groups excluding carboxylic acids is 1. The second kappa shape index (κ2) is 9.40. The lowest BCUT2D eigenvalue weighted by Crippen LogP contribution is -2.14. The molecule has 0 bridgehead atoms. The Morgan fingerprint density at radius 1 is 1.21 bits per heavy atom. The molecule has 0 spiro atoms. The molecule has 2 N–H and O–H groups in total. The maximum atomic E-state index is 11.0. The topological polar surface area (TPSA) is 80.7 Å². The van der Waals surface area contributed by atoms with Gasteiger partial charge in [-0.15, -0.1) is 0 Å². The fraction of sp³-hybridized carbons (Fsp3) is 0.182. The summed E-state index contributed by atoms with van der Waals surface area (Å²) >= 11 is 0. The number of nitrogens with one attached hydrogen (secondary N) is 1. The summed E-state index contributed by atoms with van der Waals surface area (Å²) in [5, 5.41) is 8.46. The van der Waals surface area contributed by atoms with E-state index < -0.39 is 5.91 Å². The van der Waals surface area contributed by atoms with E-state index in [2.05, 4.69) is 23.4 Å². The minimum Gasteiger partial charge on any atom is -0.496 e. The van der Waals surface area contributed by atoms with Crippen LogP contribution in [0, 0.1) is 25.7 Å². The lowest BCUT2D eigenvalue weighted by molar-refractivity contribution is -0.124. The molecule has 2 aromatic rings. The molecular weight excluding hydrogens is 356 g/mol. The number of rotatable bonds is 5. The number of allylic oxidation sites excluding steroid dienone is 1. The van der Waals surface area contributed by atoms with E-state index >= 15 is 0 Å². The van der Waals surface area contributed by atoms with E-state index in [0.29, 0.717) is 17.1 Å². The van der Waals surface area contributed by atoms with Crippen molar-refractivity contribution in [2.45, 2.75) is 13.8 Å². The van der Waals surface area contributed by atoms with E-state index in [4.69, 9.17) is 14.7 Å². The van der Waals surface area contributed by atoms with E-state index in [1.165, 1.54) is 18.7 Å². The van der Waals surface area contributed by atoms with Crippen molar-refractivity contribution in [3.8, 4) is 23.3 Å². The van der Waals surface area contributed by atoms with Crippen molar-refractivity contribution >= 4 is 11.5 Å². The molecule has 1 heterocycles. The minimum absolute atomic E-state index is 0.408. The Balaban J connectivity index is 2.41. The fourth-order valence-electron chi connectivity index (χ4n) is 2.49. The lowest BCUT2D eigenvalue weighted by atomic mass is 9.98. The number of aryl methyl sites for hydroxylation is 1. The molecule has 0 aliphatic rings. The number of nitrogens with zero attached hydrogens (tertiary/aromatic N) is 1. The number of hydrogen-bond acceptors (Lipinski definition) is 5. The molecule has 2 rings (SSSR count). The van der Waals surface area contributed by atoms with Gasteiger partial charge in [-0.05, 0) is 60.7 Å². The third kappa shape index (κ3) is 4.78. The number of amides is 1. The van der Waals surface area contributed by atoms with Crippen LogP contribution in [0.15, 0.2) is 43.0 Å². The van der Waals surface area contributed by atoms with Crippen molar-refractivity contribution < 1.29 is 19.5 Å². The number of hydrogen-bond donors (Lipinski definition) is 2. The van der Waals surface area contributed by atoms with E-state index in [9.17, 15) is 4.79 Å². The molecule has 1 amide bonds. The van der Waals surface area contributed by atoms with Crippen molar-refractivity contribution in [2.75, 3.05) is 14.2 Å². The van der Waals surface area contributed by atoms with Gasteiger partial charge in [0.2, 0.25) is 0 Å². The van der Waals surface area contributed by atoms with Crippen molar-refractivity contribution in [2.24, 2.45) is 0 Å². The van der Waals surface area contributed by atoms with Crippen LogP contribution in [0.2, 0.25) is 0 Å². The molecular formula is C22H22N2O4. The molecule has 0 aliphatic heterocycles. The Kier molecular flexibility index (Phi) is 6.96. The van der Waals surface area contributed by atoms with E-state index in [1.807, 2.05) is 32.0 Å². The van der Waals surface area contributed by atoms with Crippen LogP contribution in [0.5, 0.6) is 11.5 Å². The highest BCUT2D eigenvalue weighted by Crippen LogP contribution is 2.30. The zero-order valence-electron chi connectivity index (χ0n) is 16.3. The van der Waals surface area contributed by atoms with Gasteiger partial charge >= 0.3 is 0 Å². The first-order valence-corrected chi connectivity index (χ1v) is 8.43. The Morgan fingerprint density at radius 3 is 2.57 bits per heavy atom. The quantitative estimate of drug-likeness (QED) is 0.361. The average Bonchev–Trinajstić information content (AvgIpc) is 2.72. The molecule has 0 saturated heterocycles. The second-order valence-corrected chi connectivity index (χ2v) is 5.93. The van der Waals surface area contributed by atoms with Crippen LogP contribution < -0.4 is 15.0 Å². The van der Waals surface area contributed by atoms with Crippen molar-refractivity contribution in [3.63, 3.8) is 0 Å². The predicted molar refractivity (Wildman–Crippen MR) is 107 cm³/mol. The Labute approximate surface area is 164 Å². The molecule has 1 aromatic carbocycles. The van der Waals surface area contributed by atoms with Gasteiger partial charge in [-0.1, -0.05) is 18.6 Å². The molecule has 28 heavy (non-hydrogen) atoms.